The normalized spacial score (nSPS) is 15.8. The number of hydrogen-bond acceptors (Lipinski definition) is 2. The van der Waals surface area contributed by atoms with Crippen LogP contribution < -0.4 is 0 Å². The molecule has 3 aromatic rings. The Bertz CT molecular complexity index is 2580. The Balaban J connectivity index is 0.00000925. The molecule has 2 N–H and O–H groups in total. The van der Waals surface area contributed by atoms with E-state index in [9.17, 15) is 87.8 Å². The average Bonchev–Trinajstić information content (AvgIpc) is 3.89. The van der Waals surface area contributed by atoms with Gasteiger partial charge >= 0.3 is 72.1 Å². The van der Waals surface area contributed by atoms with Crippen molar-refractivity contribution >= 4 is 45.4 Å². The van der Waals surface area contributed by atoms with E-state index in [0.29, 0.717) is 0 Å². The molecule has 0 unspecified atom stereocenters. The summed E-state index contributed by atoms with van der Waals surface area (Å²) in [6, 6.07) is -3.24. The molecular formula is C32H10F28N4Pt. The summed E-state index contributed by atoms with van der Waals surface area (Å²) in [6.07, 6.45) is -30.6. The second-order valence-electron chi connectivity index (χ2n) is 13.2. The van der Waals surface area contributed by atoms with E-state index in [1.54, 1.807) is 0 Å². The van der Waals surface area contributed by atoms with Gasteiger partial charge in [-0.2, -0.15) is 123 Å². The third-order valence-corrected chi connectivity index (χ3v) is 8.90. The zero-order chi connectivity index (χ0) is 49.4. The number of alkyl halides is 28. The van der Waals surface area contributed by atoms with Crippen molar-refractivity contribution in [2.24, 2.45) is 0 Å². The van der Waals surface area contributed by atoms with Gasteiger partial charge in [0.15, 0.2) is 0 Å². The summed E-state index contributed by atoms with van der Waals surface area (Å²) in [4.78, 5) is 8.64. The van der Waals surface area contributed by atoms with Crippen LogP contribution in [0.3, 0.4) is 0 Å². The minimum Gasteiger partial charge on any atom is -0.355 e. The minimum absolute atomic E-state index is 0. The van der Waals surface area contributed by atoms with Crippen molar-refractivity contribution in [1.29, 1.82) is 0 Å². The summed E-state index contributed by atoms with van der Waals surface area (Å²) < 4.78 is 394. The Morgan fingerprint density at radius 1 is 0.323 bits per heavy atom. The third kappa shape index (κ3) is 8.08. The van der Waals surface area contributed by atoms with E-state index in [-0.39, 0.29) is 21.1 Å². The number of halogens is 28. The predicted octanol–water partition coefficient (Wildman–Crippen LogP) is 13.6. The van der Waals surface area contributed by atoms with E-state index < -0.39 is 188 Å². The second kappa shape index (κ2) is 15.2. The molecule has 0 saturated carbocycles. The number of nitrogens with one attached hydrogen (secondary N) is 2. The van der Waals surface area contributed by atoms with E-state index in [4.69, 9.17) is 0 Å². The van der Waals surface area contributed by atoms with Crippen LogP contribution >= 0.6 is 0 Å². The number of nitrogens with zero attached hydrogens (tertiary/aromatic N) is 2. The number of H-pyrrole nitrogens is 2. The fraction of sp³-hybridized carbons (Fsp3) is 0.375. The van der Waals surface area contributed by atoms with Gasteiger partial charge in [0.2, 0.25) is 0 Å². The molecule has 2 aliphatic heterocycles. The predicted molar refractivity (Wildman–Crippen MR) is 158 cm³/mol. The molecule has 2 aliphatic rings. The van der Waals surface area contributed by atoms with Crippen molar-refractivity contribution in [3.63, 3.8) is 0 Å². The van der Waals surface area contributed by atoms with E-state index in [1.807, 2.05) is 0 Å². The quantitative estimate of drug-likeness (QED) is 0.221. The van der Waals surface area contributed by atoms with E-state index in [0.717, 1.165) is 0 Å². The van der Waals surface area contributed by atoms with Gasteiger partial charge in [0.05, 0.1) is 56.1 Å². The Kier molecular flexibility index (Phi) is 12.4. The molecule has 0 atom stereocenters. The molecule has 0 spiro atoms. The zero-order valence-electron chi connectivity index (χ0n) is 29.4. The van der Waals surface area contributed by atoms with Crippen LogP contribution in [-0.2, 0) is 32.9 Å². The molecule has 65 heavy (non-hydrogen) atoms. The molecule has 0 radical (unpaired) electrons. The minimum atomic E-state index is -7.29. The fourth-order valence-corrected chi connectivity index (χ4v) is 5.64. The van der Waals surface area contributed by atoms with Crippen LogP contribution in [0.15, 0.2) is 36.4 Å². The summed E-state index contributed by atoms with van der Waals surface area (Å²) in [7, 11) is 0. The molecular weight excluding hydrogens is 1170 g/mol. The Hall–Kier alpha value is -4.67. The molecule has 0 aliphatic carbocycles. The number of rotatable bonds is 8. The third-order valence-electron chi connectivity index (χ3n) is 8.90. The molecule has 0 amide bonds. The van der Waals surface area contributed by atoms with Crippen LogP contribution in [0, 0.1) is 0 Å². The van der Waals surface area contributed by atoms with E-state index >= 15 is 35.1 Å². The molecule has 0 fully saturated rings. The van der Waals surface area contributed by atoms with Gasteiger partial charge in [-0.3, -0.25) is 0 Å². The van der Waals surface area contributed by atoms with Crippen molar-refractivity contribution in [1.82, 2.24) is 19.9 Å². The van der Waals surface area contributed by atoms with Gasteiger partial charge in [-0.15, -0.1) is 0 Å². The van der Waals surface area contributed by atoms with Gasteiger partial charge < -0.3 is 9.97 Å². The smallest absolute Gasteiger partial charge is 0.355 e. The van der Waals surface area contributed by atoms with Gasteiger partial charge in [-0.1, -0.05) is 0 Å². The van der Waals surface area contributed by atoms with Crippen molar-refractivity contribution in [2.45, 2.75) is 72.1 Å². The van der Waals surface area contributed by atoms with Crippen molar-refractivity contribution in [3.8, 4) is 0 Å². The maximum atomic E-state index is 15.2. The summed E-state index contributed by atoms with van der Waals surface area (Å²) in [5.74, 6) is -56.0. The molecule has 0 saturated heterocycles. The Morgan fingerprint density at radius 3 is 0.938 bits per heavy atom. The largest absolute Gasteiger partial charge is 0.460 e. The number of hydrogen-bond donors (Lipinski definition) is 2. The Morgan fingerprint density at radius 2 is 0.600 bits per heavy atom. The first-order valence-electron chi connectivity index (χ1n) is 15.8. The maximum absolute atomic E-state index is 15.2. The molecule has 364 valence electrons. The van der Waals surface area contributed by atoms with Crippen LogP contribution in [0.5, 0.6) is 0 Å². The summed E-state index contributed by atoms with van der Waals surface area (Å²) >= 11 is 0. The number of aromatic amines is 2. The molecule has 0 aromatic carbocycles. The monoisotopic (exact) mass is 1180 g/mol. The number of aromatic nitrogens is 4. The van der Waals surface area contributed by atoms with Crippen LogP contribution in [-0.4, -0.2) is 80.2 Å². The van der Waals surface area contributed by atoms with Crippen molar-refractivity contribution in [3.05, 3.63) is 70.3 Å². The summed E-state index contributed by atoms with van der Waals surface area (Å²) in [5, 5.41) is 0. The number of allylic oxidation sites excluding steroid dienone is 2. The second-order valence-corrected chi connectivity index (χ2v) is 13.2. The molecule has 3 aromatic heterocycles. The SMILES string of the molecule is FC(F)(F)C(F)(F)C(F)(F)C1=Cc2cc3[nH]c(cc3C(F)(F)C(F)(F)C(F)(F)F)cc3[nH]c(cc4nc(cc1n2)C=C4C(F)(F)C(F)(F)C(F)(F)F)cc3C(F)(F)C(F)(F)C(F)(F)F.[Pt]. The molecule has 5 heterocycles. The standard InChI is InChI=1S/C32H10F28N4.Pt/c33-21(34,25(41,42)29(49,50)51)13-1-9-5-18-14(22(35,36)26(43,44)30(52,53)54)3-11(62-18)7-20-16(24(39,40)28(47,48)32(58,59)60)4-12(64-20)8-19-15(2-10(63-19)6-17(13)61-9)23(37,38)27(45,46)31(55,56)57;/h1-8,61-62H;. The van der Waals surface area contributed by atoms with E-state index in [2.05, 4.69) is 9.97 Å². The van der Waals surface area contributed by atoms with Crippen LogP contribution in [0.25, 0.3) is 45.4 Å². The zero-order valence-corrected chi connectivity index (χ0v) is 31.7. The van der Waals surface area contributed by atoms with Crippen molar-refractivity contribution < 1.29 is 144 Å². The number of fused-ring (bicyclic) bond motifs is 8. The first-order valence-corrected chi connectivity index (χ1v) is 15.8. The molecule has 5 rings (SSSR count). The van der Waals surface area contributed by atoms with Crippen LogP contribution in [0.1, 0.15) is 33.9 Å². The molecule has 4 nitrogen and oxygen atoms in total. The van der Waals surface area contributed by atoms with E-state index in [1.165, 1.54) is 9.97 Å². The molecule has 8 bridgehead atoms. The van der Waals surface area contributed by atoms with Gasteiger partial charge in [0.1, 0.15) is 0 Å². The first-order chi connectivity index (χ1) is 28.3. The van der Waals surface area contributed by atoms with Gasteiger partial charge in [0.25, 0.3) is 0 Å². The summed E-state index contributed by atoms with van der Waals surface area (Å²) in [5.41, 5.74) is -26.8. The van der Waals surface area contributed by atoms with Crippen molar-refractivity contribution in [2.75, 3.05) is 0 Å². The van der Waals surface area contributed by atoms with Gasteiger partial charge in [0, 0.05) is 32.1 Å². The average molecular weight is 1180 g/mol. The fourth-order valence-electron chi connectivity index (χ4n) is 5.64. The topological polar surface area (TPSA) is 57.4 Å². The maximum Gasteiger partial charge on any atom is 0.460 e. The van der Waals surface area contributed by atoms with Crippen LogP contribution in [0.2, 0.25) is 0 Å². The van der Waals surface area contributed by atoms with Gasteiger partial charge in [-0.05, 0) is 48.6 Å². The van der Waals surface area contributed by atoms with Gasteiger partial charge in [-0.25, -0.2) is 9.97 Å². The first kappa shape index (κ1) is 52.9. The Labute approximate surface area is 351 Å². The summed E-state index contributed by atoms with van der Waals surface area (Å²) in [6.45, 7) is 0. The molecule has 33 heteroatoms. The van der Waals surface area contributed by atoms with Crippen LogP contribution in [0.4, 0.5) is 123 Å².